The number of benzene rings is 1. The third-order valence-electron chi connectivity index (χ3n) is 3.34. The van der Waals surface area contributed by atoms with Crippen LogP contribution in [0.2, 0.25) is 0 Å². The van der Waals surface area contributed by atoms with E-state index in [-0.39, 0.29) is 17.1 Å². The number of nitrogens with zero attached hydrogens (tertiary/aromatic N) is 4. The third-order valence-corrected chi connectivity index (χ3v) is 4.16. The molecule has 0 aliphatic carbocycles. The van der Waals surface area contributed by atoms with Gasteiger partial charge in [-0.3, -0.25) is 0 Å². The van der Waals surface area contributed by atoms with Gasteiger partial charge in [0.2, 0.25) is 5.89 Å². The fraction of sp³-hybridized carbons (Fsp3) is 0.412. The summed E-state index contributed by atoms with van der Waals surface area (Å²) >= 11 is 1.29. The molecule has 1 aromatic carbocycles. The number of hydrogen-bond acceptors (Lipinski definition) is 8. The zero-order chi connectivity index (χ0) is 18.7. The van der Waals surface area contributed by atoms with E-state index in [1.807, 2.05) is 20.8 Å². The number of rotatable bonds is 6. The molecular formula is C17H19FN4O3S. The Labute approximate surface area is 154 Å². The quantitative estimate of drug-likeness (QED) is 0.586. The Morgan fingerprint density at radius 1 is 1.23 bits per heavy atom. The van der Waals surface area contributed by atoms with Crippen molar-refractivity contribution >= 4 is 11.8 Å². The van der Waals surface area contributed by atoms with Crippen molar-refractivity contribution in [1.29, 1.82) is 0 Å². The van der Waals surface area contributed by atoms with E-state index in [2.05, 4.69) is 20.3 Å². The van der Waals surface area contributed by atoms with Gasteiger partial charge in [0, 0.05) is 5.41 Å². The van der Waals surface area contributed by atoms with Gasteiger partial charge in [0.15, 0.2) is 23.5 Å². The number of hydrogen-bond donors (Lipinski definition) is 0. The molecule has 0 aliphatic rings. The maximum atomic E-state index is 13.6. The summed E-state index contributed by atoms with van der Waals surface area (Å²) in [7, 11) is 0. The molecule has 0 aliphatic heterocycles. The van der Waals surface area contributed by atoms with E-state index >= 15 is 0 Å². The van der Waals surface area contributed by atoms with E-state index in [0.29, 0.717) is 22.7 Å². The van der Waals surface area contributed by atoms with E-state index in [9.17, 15) is 4.39 Å². The van der Waals surface area contributed by atoms with Gasteiger partial charge in [-0.05, 0) is 19.1 Å². The van der Waals surface area contributed by atoms with Gasteiger partial charge < -0.3 is 13.7 Å². The smallest absolute Gasteiger partial charge is 0.277 e. The van der Waals surface area contributed by atoms with Crippen molar-refractivity contribution in [3.05, 3.63) is 47.7 Å². The van der Waals surface area contributed by atoms with Crippen LogP contribution in [-0.4, -0.2) is 20.3 Å². The average Bonchev–Trinajstić information content (AvgIpc) is 3.24. The van der Waals surface area contributed by atoms with Gasteiger partial charge in [0.05, 0.1) is 5.75 Å². The van der Waals surface area contributed by atoms with Crippen molar-refractivity contribution in [1.82, 2.24) is 20.3 Å². The standard InChI is InChI=1S/C17H19FN4O3S/c1-10(23-12-8-6-5-7-11(12)18)14-20-21-16(24-14)26-9-13-19-15(25-22-13)17(2,3)4/h5-8,10H,9H2,1-4H3/t10-/m1/s1. The zero-order valence-electron chi connectivity index (χ0n) is 14.9. The van der Waals surface area contributed by atoms with Crippen LogP contribution in [0.25, 0.3) is 0 Å². The fourth-order valence-corrected chi connectivity index (χ4v) is 2.58. The molecule has 3 aromatic rings. The van der Waals surface area contributed by atoms with E-state index in [0.717, 1.165) is 0 Å². The molecule has 7 nitrogen and oxygen atoms in total. The molecule has 0 N–H and O–H groups in total. The first kappa shape index (κ1) is 18.4. The maximum absolute atomic E-state index is 13.6. The van der Waals surface area contributed by atoms with Crippen molar-refractivity contribution in [2.75, 3.05) is 0 Å². The Morgan fingerprint density at radius 2 is 2.00 bits per heavy atom. The lowest BCUT2D eigenvalue weighted by atomic mass is 9.97. The molecule has 0 fully saturated rings. The lowest BCUT2D eigenvalue weighted by Crippen LogP contribution is -2.11. The number of halogens is 1. The van der Waals surface area contributed by atoms with Crippen molar-refractivity contribution in [2.24, 2.45) is 0 Å². The third kappa shape index (κ3) is 4.40. The maximum Gasteiger partial charge on any atom is 0.277 e. The lowest BCUT2D eigenvalue weighted by molar-refractivity contribution is 0.174. The minimum Gasteiger partial charge on any atom is -0.478 e. The largest absolute Gasteiger partial charge is 0.478 e. The minimum atomic E-state index is -0.577. The molecule has 0 spiro atoms. The summed E-state index contributed by atoms with van der Waals surface area (Å²) in [6, 6.07) is 6.16. The SMILES string of the molecule is C[C@@H](Oc1ccccc1F)c1nnc(SCc2noc(C(C)(C)C)n2)o1. The Morgan fingerprint density at radius 3 is 2.69 bits per heavy atom. The summed E-state index contributed by atoms with van der Waals surface area (Å²) in [4.78, 5) is 4.35. The van der Waals surface area contributed by atoms with Crippen LogP contribution < -0.4 is 4.74 Å². The van der Waals surface area contributed by atoms with Crippen molar-refractivity contribution in [2.45, 2.75) is 50.2 Å². The molecule has 9 heteroatoms. The Hall–Kier alpha value is -2.42. The molecule has 26 heavy (non-hydrogen) atoms. The van der Waals surface area contributed by atoms with Gasteiger partial charge in [-0.2, -0.15) is 4.98 Å². The van der Waals surface area contributed by atoms with Crippen LogP contribution in [0, 0.1) is 5.82 Å². The van der Waals surface area contributed by atoms with Crippen LogP contribution >= 0.6 is 11.8 Å². The first-order valence-corrected chi connectivity index (χ1v) is 9.02. The van der Waals surface area contributed by atoms with Gasteiger partial charge in [-0.25, -0.2) is 4.39 Å². The fourth-order valence-electron chi connectivity index (χ4n) is 1.97. The summed E-state index contributed by atoms with van der Waals surface area (Å²) in [5.74, 6) is 1.51. The number of thioether (sulfide) groups is 1. The molecule has 0 radical (unpaired) electrons. The van der Waals surface area contributed by atoms with Crippen LogP contribution in [0.4, 0.5) is 4.39 Å². The summed E-state index contributed by atoms with van der Waals surface area (Å²) in [6.45, 7) is 7.71. The van der Waals surface area contributed by atoms with Crippen LogP contribution in [0.3, 0.4) is 0 Å². The Balaban J connectivity index is 1.59. The summed E-state index contributed by atoms with van der Waals surface area (Å²) in [6.07, 6.45) is -0.577. The van der Waals surface area contributed by atoms with Crippen molar-refractivity contribution in [3.63, 3.8) is 0 Å². The molecule has 3 rings (SSSR count). The highest BCUT2D eigenvalue weighted by atomic mass is 32.2. The molecule has 0 amide bonds. The minimum absolute atomic E-state index is 0.133. The molecule has 0 bridgehead atoms. The second kappa shape index (κ2) is 7.45. The average molecular weight is 378 g/mol. The molecule has 0 unspecified atom stereocenters. The summed E-state index contributed by atoms with van der Waals surface area (Å²) in [5, 5.41) is 12.2. The molecule has 2 heterocycles. The molecule has 0 saturated heterocycles. The van der Waals surface area contributed by atoms with Gasteiger partial charge in [-0.1, -0.05) is 49.8 Å². The second-order valence-electron chi connectivity index (χ2n) is 6.65. The highest BCUT2D eigenvalue weighted by Crippen LogP contribution is 2.27. The molecule has 0 saturated carbocycles. The second-order valence-corrected chi connectivity index (χ2v) is 7.58. The van der Waals surface area contributed by atoms with Gasteiger partial charge in [-0.15, -0.1) is 10.2 Å². The van der Waals surface area contributed by atoms with Crippen LogP contribution in [-0.2, 0) is 11.2 Å². The molecular weight excluding hydrogens is 359 g/mol. The number of ether oxygens (including phenoxy) is 1. The number of aromatic nitrogens is 4. The lowest BCUT2D eigenvalue weighted by Gasteiger charge is -2.11. The van der Waals surface area contributed by atoms with Gasteiger partial charge in [0.25, 0.3) is 11.1 Å². The highest BCUT2D eigenvalue weighted by Gasteiger charge is 2.22. The highest BCUT2D eigenvalue weighted by molar-refractivity contribution is 7.98. The molecule has 138 valence electrons. The zero-order valence-corrected chi connectivity index (χ0v) is 15.7. The van der Waals surface area contributed by atoms with E-state index in [1.54, 1.807) is 25.1 Å². The predicted octanol–water partition coefficient (Wildman–Crippen LogP) is 4.32. The van der Waals surface area contributed by atoms with Crippen molar-refractivity contribution < 1.29 is 18.1 Å². The van der Waals surface area contributed by atoms with Crippen molar-refractivity contribution in [3.8, 4) is 5.75 Å². The topological polar surface area (TPSA) is 87.1 Å². The Bertz CT molecular complexity index is 875. The van der Waals surface area contributed by atoms with Crippen LogP contribution in [0.5, 0.6) is 5.75 Å². The predicted molar refractivity (Wildman–Crippen MR) is 92.3 cm³/mol. The van der Waals surface area contributed by atoms with E-state index in [4.69, 9.17) is 13.7 Å². The summed E-state index contributed by atoms with van der Waals surface area (Å²) in [5.41, 5.74) is -0.201. The Kier molecular flexibility index (Phi) is 5.26. The van der Waals surface area contributed by atoms with Crippen LogP contribution in [0.1, 0.15) is 51.4 Å². The summed E-state index contributed by atoms with van der Waals surface area (Å²) < 4.78 is 30.0. The van der Waals surface area contributed by atoms with E-state index in [1.165, 1.54) is 17.8 Å². The normalized spacial score (nSPS) is 13.0. The molecule has 2 aromatic heterocycles. The molecule has 1 atom stereocenters. The van der Waals surface area contributed by atoms with Gasteiger partial charge >= 0.3 is 0 Å². The van der Waals surface area contributed by atoms with E-state index < -0.39 is 11.9 Å². The van der Waals surface area contributed by atoms with Gasteiger partial charge in [0.1, 0.15) is 0 Å². The first-order chi connectivity index (χ1) is 12.3. The monoisotopic (exact) mass is 378 g/mol. The number of para-hydroxylation sites is 1. The first-order valence-electron chi connectivity index (χ1n) is 8.03. The van der Waals surface area contributed by atoms with Crippen LogP contribution in [0.15, 0.2) is 38.4 Å².